The van der Waals surface area contributed by atoms with Crippen molar-refractivity contribution in [3.05, 3.63) is 0 Å². The normalized spacial score (nSPS) is 11.3. The maximum absolute atomic E-state index is 10.0. The van der Waals surface area contributed by atoms with Crippen molar-refractivity contribution in [3.63, 3.8) is 0 Å². The van der Waals surface area contributed by atoms with Crippen molar-refractivity contribution in [3.8, 4) is 0 Å². The Morgan fingerprint density at radius 2 is 1.62 bits per heavy atom. The van der Waals surface area contributed by atoms with Gasteiger partial charge in [-0.05, 0) is 11.8 Å². The maximum Gasteiger partial charge on any atom is 0.294 e. The van der Waals surface area contributed by atoms with Crippen LogP contribution in [0.15, 0.2) is 0 Å². The van der Waals surface area contributed by atoms with Gasteiger partial charge in [0.25, 0.3) is 6.47 Å². The molecule has 0 aliphatic heterocycles. The van der Waals surface area contributed by atoms with Crippen LogP contribution in [0.4, 0.5) is 0 Å². The minimum absolute atomic E-state index is 0.417. The second-order valence-corrected chi connectivity index (χ2v) is 4.22. The number of carbonyl (C=O) groups excluding carboxylic acids is 1. The summed E-state index contributed by atoms with van der Waals surface area (Å²) < 4.78 is 4.74. The van der Waals surface area contributed by atoms with Gasteiger partial charge in [0.15, 0.2) is 0 Å². The molecule has 0 fully saturated rings. The van der Waals surface area contributed by atoms with Gasteiger partial charge in [0.2, 0.25) is 0 Å². The highest BCUT2D eigenvalue weighted by molar-refractivity contribution is 5.36. The molecule has 0 rings (SSSR count). The van der Waals surface area contributed by atoms with Crippen LogP contribution in [-0.4, -0.2) is 31.2 Å². The number of rotatable bonds is 7. The number of hydrogen-bond acceptors (Lipinski definition) is 3. The third kappa shape index (κ3) is 7.78. The molecule has 0 aliphatic rings. The second kappa shape index (κ2) is 6.89. The number of carbonyl (C=O) groups is 1. The third-order valence-electron chi connectivity index (χ3n) is 1.57. The first-order chi connectivity index (χ1) is 6.06. The lowest BCUT2D eigenvalue weighted by Gasteiger charge is -2.24. The first-order valence-electron chi connectivity index (χ1n) is 4.83. The van der Waals surface area contributed by atoms with Crippen molar-refractivity contribution >= 4 is 6.47 Å². The molecular weight excluding hydrogens is 166 g/mol. The van der Waals surface area contributed by atoms with Gasteiger partial charge in [-0.15, -0.1) is 0 Å². The highest BCUT2D eigenvalue weighted by atomic mass is 16.5. The molecule has 0 spiro atoms. The van der Waals surface area contributed by atoms with E-state index >= 15 is 0 Å². The largest absolute Gasteiger partial charge is 0.452 e. The standard InChI is InChI=1S/C10H21NO2/c1-9(2)5-11(6-10(3)4)7-13-8-12/h8-10H,5-7H2,1-4H3. The second-order valence-electron chi connectivity index (χ2n) is 4.22. The summed E-state index contributed by atoms with van der Waals surface area (Å²) in [6.45, 7) is 11.5. The highest BCUT2D eigenvalue weighted by Crippen LogP contribution is 2.03. The van der Waals surface area contributed by atoms with Gasteiger partial charge in [0.05, 0.1) is 0 Å². The number of hydrogen-bond donors (Lipinski definition) is 0. The highest BCUT2D eigenvalue weighted by Gasteiger charge is 2.08. The lowest BCUT2D eigenvalue weighted by atomic mass is 10.1. The van der Waals surface area contributed by atoms with Crippen LogP contribution in [0.25, 0.3) is 0 Å². The molecule has 0 amide bonds. The molecule has 3 heteroatoms. The Labute approximate surface area is 81.1 Å². The monoisotopic (exact) mass is 187 g/mol. The molecule has 0 aliphatic carbocycles. The van der Waals surface area contributed by atoms with Crippen LogP contribution in [0.1, 0.15) is 27.7 Å². The van der Waals surface area contributed by atoms with E-state index in [-0.39, 0.29) is 0 Å². The molecule has 0 aromatic carbocycles. The molecule has 0 bridgehead atoms. The van der Waals surface area contributed by atoms with Crippen molar-refractivity contribution in [1.82, 2.24) is 4.90 Å². The molecule has 78 valence electrons. The van der Waals surface area contributed by atoms with E-state index in [4.69, 9.17) is 4.74 Å². The average molecular weight is 187 g/mol. The summed E-state index contributed by atoms with van der Waals surface area (Å²) in [5, 5.41) is 0. The molecule has 0 heterocycles. The minimum atomic E-state index is 0.417. The van der Waals surface area contributed by atoms with Crippen LogP contribution in [0.2, 0.25) is 0 Å². The predicted molar refractivity (Wildman–Crippen MR) is 53.3 cm³/mol. The van der Waals surface area contributed by atoms with Gasteiger partial charge >= 0.3 is 0 Å². The predicted octanol–water partition coefficient (Wildman–Crippen LogP) is 1.73. The summed E-state index contributed by atoms with van der Waals surface area (Å²) >= 11 is 0. The zero-order valence-electron chi connectivity index (χ0n) is 9.12. The molecule has 0 atom stereocenters. The zero-order chi connectivity index (χ0) is 10.3. The Hall–Kier alpha value is -0.570. The van der Waals surface area contributed by atoms with Gasteiger partial charge < -0.3 is 4.74 Å². The maximum atomic E-state index is 10.0. The summed E-state index contributed by atoms with van der Waals surface area (Å²) in [5.41, 5.74) is 0. The Morgan fingerprint density at radius 1 is 1.15 bits per heavy atom. The minimum Gasteiger partial charge on any atom is -0.452 e. The van der Waals surface area contributed by atoms with E-state index in [1.807, 2.05) is 0 Å². The molecule has 0 radical (unpaired) electrons. The molecule has 0 aromatic heterocycles. The van der Waals surface area contributed by atoms with Gasteiger partial charge in [0.1, 0.15) is 6.73 Å². The number of nitrogens with zero attached hydrogens (tertiary/aromatic N) is 1. The molecule has 0 aromatic rings. The molecule has 0 saturated carbocycles. The quantitative estimate of drug-likeness (QED) is 0.449. The van der Waals surface area contributed by atoms with E-state index in [0.29, 0.717) is 25.0 Å². The van der Waals surface area contributed by atoms with Crippen LogP contribution < -0.4 is 0 Å². The molecule has 0 saturated heterocycles. The fourth-order valence-corrected chi connectivity index (χ4v) is 1.35. The van der Waals surface area contributed by atoms with Crippen molar-refractivity contribution in [1.29, 1.82) is 0 Å². The average Bonchev–Trinajstić information content (AvgIpc) is 1.98. The van der Waals surface area contributed by atoms with E-state index in [9.17, 15) is 4.79 Å². The topological polar surface area (TPSA) is 29.5 Å². The van der Waals surface area contributed by atoms with E-state index in [2.05, 4.69) is 32.6 Å². The van der Waals surface area contributed by atoms with Crippen LogP contribution in [-0.2, 0) is 9.53 Å². The molecule has 0 unspecified atom stereocenters. The van der Waals surface area contributed by atoms with Crippen LogP contribution in [0.5, 0.6) is 0 Å². The van der Waals surface area contributed by atoms with Crippen LogP contribution in [0.3, 0.4) is 0 Å². The van der Waals surface area contributed by atoms with Gasteiger partial charge in [-0.3, -0.25) is 9.69 Å². The van der Waals surface area contributed by atoms with Crippen molar-refractivity contribution in [2.24, 2.45) is 11.8 Å². The van der Waals surface area contributed by atoms with E-state index in [0.717, 1.165) is 13.1 Å². The molecular formula is C10H21NO2. The van der Waals surface area contributed by atoms with Gasteiger partial charge in [0, 0.05) is 13.1 Å². The summed E-state index contributed by atoms with van der Waals surface area (Å²) in [6.07, 6.45) is 0. The fourth-order valence-electron chi connectivity index (χ4n) is 1.35. The van der Waals surface area contributed by atoms with Gasteiger partial charge in [-0.2, -0.15) is 0 Å². The van der Waals surface area contributed by atoms with Crippen molar-refractivity contribution < 1.29 is 9.53 Å². The Morgan fingerprint density at radius 3 is 1.92 bits per heavy atom. The lowest BCUT2D eigenvalue weighted by molar-refractivity contribution is -0.133. The van der Waals surface area contributed by atoms with E-state index in [1.54, 1.807) is 0 Å². The fraction of sp³-hybridized carbons (Fsp3) is 0.900. The van der Waals surface area contributed by atoms with E-state index < -0.39 is 0 Å². The number of ether oxygens (including phenoxy) is 1. The van der Waals surface area contributed by atoms with E-state index in [1.165, 1.54) is 0 Å². The Balaban J connectivity index is 3.79. The van der Waals surface area contributed by atoms with Crippen LogP contribution >= 0.6 is 0 Å². The van der Waals surface area contributed by atoms with Crippen LogP contribution in [0, 0.1) is 11.8 Å². The zero-order valence-corrected chi connectivity index (χ0v) is 9.12. The Bertz CT molecular complexity index is 125. The smallest absolute Gasteiger partial charge is 0.294 e. The van der Waals surface area contributed by atoms with Crippen molar-refractivity contribution in [2.45, 2.75) is 27.7 Å². The first-order valence-corrected chi connectivity index (χ1v) is 4.83. The third-order valence-corrected chi connectivity index (χ3v) is 1.57. The summed E-state index contributed by atoms with van der Waals surface area (Å²) in [4.78, 5) is 12.2. The molecule has 13 heavy (non-hydrogen) atoms. The Kier molecular flexibility index (Phi) is 6.59. The van der Waals surface area contributed by atoms with Crippen molar-refractivity contribution in [2.75, 3.05) is 19.8 Å². The molecule has 0 N–H and O–H groups in total. The lowest BCUT2D eigenvalue weighted by Crippen LogP contribution is -2.33. The summed E-state index contributed by atoms with van der Waals surface area (Å²) in [7, 11) is 0. The summed E-state index contributed by atoms with van der Waals surface area (Å²) in [5.74, 6) is 1.21. The first kappa shape index (κ1) is 12.4. The van der Waals surface area contributed by atoms with Gasteiger partial charge in [-0.25, -0.2) is 0 Å². The molecule has 3 nitrogen and oxygen atoms in total. The van der Waals surface area contributed by atoms with Gasteiger partial charge in [-0.1, -0.05) is 27.7 Å². The summed E-state index contributed by atoms with van der Waals surface area (Å²) in [6, 6.07) is 0. The SMILES string of the molecule is CC(C)CN(COC=O)CC(C)C.